The van der Waals surface area contributed by atoms with E-state index in [1.807, 2.05) is 11.8 Å². The van der Waals surface area contributed by atoms with Gasteiger partial charge in [0.05, 0.1) is 5.88 Å². The van der Waals surface area contributed by atoms with Gasteiger partial charge < -0.3 is 4.90 Å². The van der Waals surface area contributed by atoms with Gasteiger partial charge in [-0.15, -0.1) is 22.9 Å². The van der Waals surface area contributed by atoms with Gasteiger partial charge >= 0.3 is 0 Å². The molecule has 0 N–H and O–H groups in total. The van der Waals surface area contributed by atoms with E-state index in [9.17, 15) is 4.79 Å². The molecule has 6 heteroatoms. The summed E-state index contributed by atoms with van der Waals surface area (Å²) in [5.74, 6) is 2.17. The van der Waals surface area contributed by atoms with Gasteiger partial charge in [0, 0.05) is 29.5 Å². The molecule has 3 nitrogen and oxygen atoms in total. The van der Waals surface area contributed by atoms with E-state index in [1.54, 1.807) is 5.38 Å². The summed E-state index contributed by atoms with van der Waals surface area (Å²) in [4.78, 5) is 18.0. The van der Waals surface area contributed by atoms with Crippen LogP contribution >= 0.6 is 34.7 Å². The SMILES string of the molecule is CC1CSCCN1c1nc(C(=O)CCl)cs1. The van der Waals surface area contributed by atoms with E-state index in [0.29, 0.717) is 11.7 Å². The molecule has 1 aromatic heterocycles. The highest BCUT2D eigenvalue weighted by molar-refractivity contribution is 7.99. The fraction of sp³-hybridized carbons (Fsp3) is 0.600. The van der Waals surface area contributed by atoms with Gasteiger partial charge in [-0.05, 0) is 6.92 Å². The molecule has 0 bridgehead atoms. The number of anilines is 1. The fourth-order valence-corrected chi connectivity index (χ4v) is 3.71. The lowest BCUT2D eigenvalue weighted by molar-refractivity contribution is 0.101. The number of aromatic nitrogens is 1. The van der Waals surface area contributed by atoms with Gasteiger partial charge in [0.2, 0.25) is 0 Å². The number of thioether (sulfide) groups is 1. The molecule has 88 valence electrons. The van der Waals surface area contributed by atoms with E-state index in [-0.39, 0.29) is 11.7 Å². The maximum atomic E-state index is 11.4. The van der Waals surface area contributed by atoms with Crippen molar-refractivity contribution < 1.29 is 4.79 Å². The lowest BCUT2D eigenvalue weighted by Gasteiger charge is -2.32. The fourth-order valence-electron chi connectivity index (χ4n) is 1.60. The molecule has 0 aliphatic carbocycles. The van der Waals surface area contributed by atoms with Crippen LogP contribution < -0.4 is 4.90 Å². The van der Waals surface area contributed by atoms with Crippen molar-refractivity contribution >= 4 is 45.6 Å². The van der Waals surface area contributed by atoms with E-state index in [1.165, 1.54) is 11.3 Å². The topological polar surface area (TPSA) is 33.2 Å². The third kappa shape index (κ3) is 2.52. The molecule has 0 saturated carbocycles. The summed E-state index contributed by atoms with van der Waals surface area (Å²) in [5.41, 5.74) is 0.500. The van der Waals surface area contributed by atoms with Crippen molar-refractivity contribution in [3.63, 3.8) is 0 Å². The van der Waals surface area contributed by atoms with Crippen molar-refractivity contribution in [1.82, 2.24) is 4.98 Å². The van der Waals surface area contributed by atoms with Crippen molar-refractivity contribution in [3.8, 4) is 0 Å². The molecule has 0 spiro atoms. The molecule has 0 radical (unpaired) electrons. The van der Waals surface area contributed by atoms with Gasteiger partial charge in [0.15, 0.2) is 10.9 Å². The quantitative estimate of drug-likeness (QED) is 0.627. The number of alkyl halides is 1. The van der Waals surface area contributed by atoms with Crippen LogP contribution in [0.5, 0.6) is 0 Å². The Morgan fingerprint density at radius 1 is 1.75 bits per heavy atom. The van der Waals surface area contributed by atoms with E-state index in [4.69, 9.17) is 11.6 Å². The second-order valence-electron chi connectivity index (χ2n) is 3.69. The maximum absolute atomic E-state index is 11.4. The van der Waals surface area contributed by atoms with Crippen LogP contribution in [0.15, 0.2) is 5.38 Å². The summed E-state index contributed by atoms with van der Waals surface area (Å²) >= 11 is 9.00. The smallest absolute Gasteiger partial charge is 0.196 e. The Morgan fingerprint density at radius 2 is 2.56 bits per heavy atom. The van der Waals surface area contributed by atoms with E-state index >= 15 is 0 Å². The third-order valence-electron chi connectivity index (χ3n) is 2.51. The average molecular weight is 277 g/mol. The summed E-state index contributed by atoms with van der Waals surface area (Å²) in [6.45, 7) is 3.20. The van der Waals surface area contributed by atoms with Crippen LogP contribution in [0.25, 0.3) is 0 Å². The van der Waals surface area contributed by atoms with Crippen molar-refractivity contribution in [2.45, 2.75) is 13.0 Å². The number of halogens is 1. The number of rotatable bonds is 3. The second kappa shape index (κ2) is 5.38. The standard InChI is InChI=1S/C10H13ClN2OS2/c1-7-5-15-3-2-13(7)10-12-8(6-16-10)9(14)4-11/h6-7H,2-5H2,1H3. The van der Waals surface area contributed by atoms with Crippen molar-refractivity contribution in [1.29, 1.82) is 0 Å². The molecule has 1 unspecified atom stereocenters. The Hall–Kier alpha value is -0.260. The molecule has 1 atom stereocenters. The van der Waals surface area contributed by atoms with Crippen LogP contribution in [0.2, 0.25) is 0 Å². The Balaban J connectivity index is 2.14. The monoisotopic (exact) mass is 276 g/mol. The first-order valence-electron chi connectivity index (χ1n) is 5.11. The van der Waals surface area contributed by atoms with E-state index < -0.39 is 0 Å². The first-order chi connectivity index (χ1) is 7.72. The molecule has 1 aliphatic rings. The predicted molar refractivity (Wildman–Crippen MR) is 71.3 cm³/mol. The van der Waals surface area contributed by atoms with Crippen molar-refractivity contribution in [3.05, 3.63) is 11.1 Å². The number of thiazole rings is 1. The van der Waals surface area contributed by atoms with Gasteiger partial charge in [-0.2, -0.15) is 11.8 Å². The Kier molecular flexibility index (Phi) is 4.10. The van der Waals surface area contributed by atoms with Crippen molar-refractivity contribution in [2.75, 3.05) is 28.8 Å². The molecule has 16 heavy (non-hydrogen) atoms. The molecule has 0 amide bonds. The Morgan fingerprint density at radius 3 is 3.25 bits per heavy atom. The molecular formula is C10H13ClN2OS2. The lowest BCUT2D eigenvalue weighted by atomic mass is 10.3. The molecule has 1 aliphatic heterocycles. The number of hydrogen-bond acceptors (Lipinski definition) is 5. The normalized spacial score (nSPS) is 21.1. The van der Waals surface area contributed by atoms with Gasteiger partial charge in [-0.1, -0.05) is 0 Å². The molecule has 2 heterocycles. The van der Waals surface area contributed by atoms with Crippen LogP contribution in [-0.4, -0.2) is 40.7 Å². The number of nitrogens with zero attached hydrogens (tertiary/aromatic N) is 2. The van der Waals surface area contributed by atoms with Crippen LogP contribution in [0.1, 0.15) is 17.4 Å². The first-order valence-corrected chi connectivity index (χ1v) is 7.68. The largest absolute Gasteiger partial charge is 0.344 e. The number of carbonyl (C=O) groups excluding carboxylic acids is 1. The minimum Gasteiger partial charge on any atom is -0.344 e. The summed E-state index contributed by atoms with van der Waals surface area (Å²) in [6, 6.07) is 0.490. The Bertz CT molecular complexity index is 383. The van der Waals surface area contributed by atoms with Crippen LogP contribution in [0.3, 0.4) is 0 Å². The maximum Gasteiger partial charge on any atom is 0.196 e. The van der Waals surface area contributed by atoms with Crippen LogP contribution in [0, 0.1) is 0 Å². The first kappa shape index (κ1) is 12.2. The highest BCUT2D eigenvalue weighted by Gasteiger charge is 2.22. The molecule has 1 saturated heterocycles. The molecule has 2 rings (SSSR count). The minimum atomic E-state index is -0.0943. The van der Waals surface area contributed by atoms with Crippen LogP contribution in [-0.2, 0) is 0 Å². The van der Waals surface area contributed by atoms with Gasteiger partial charge in [0.25, 0.3) is 0 Å². The van der Waals surface area contributed by atoms with E-state index in [0.717, 1.165) is 23.2 Å². The number of carbonyl (C=O) groups is 1. The zero-order valence-corrected chi connectivity index (χ0v) is 11.4. The number of ketones is 1. The van der Waals surface area contributed by atoms with Gasteiger partial charge in [-0.25, -0.2) is 4.98 Å². The number of Topliss-reactive ketones (excluding diaryl/α,β-unsaturated/α-hetero) is 1. The summed E-state index contributed by atoms with van der Waals surface area (Å²) in [6.07, 6.45) is 0. The summed E-state index contributed by atoms with van der Waals surface area (Å²) in [7, 11) is 0. The molecular weight excluding hydrogens is 264 g/mol. The molecule has 0 aromatic carbocycles. The highest BCUT2D eigenvalue weighted by atomic mass is 35.5. The summed E-state index contributed by atoms with van der Waals surface area (Å²) < 4.78 is 0. The van der Waals surface area contributed by atoms with E-state index in [2.05, 4.69) is 16.8 Å². The zero-order chi connectivity index (χ0) is 11.5. The highest BCUT2D eigenvalue weighted by Crippen LogP contribution is 2.27. The van der Waals surface area contributed by atoms with Gasteiger partial charge in [-0.3, -0.25) is 4.79 Å². The summed E-state index contributed by atoms with van der Waals surface area (Å²) in [5, 5.41) is 2.75. The second-order valence-corrected chi connectivity index (χ2v) is 5.94. The molecule has 1 aromatic rings. The predicted octanol–water partition coefficient (Wildman–Crippen LogP) is 2.51. The van der Waals surface area contributed by atoms with Crippen LogP contribution in [0.4, 0.5) is 5.13 Å². The average Bonchev–Trinajstić information content (AvgIpc) is 2.78. The minimum absolute atomic E-state index is 0.00851. The van der Waals surface area contributed by atoms with Crippen molar-refractivity contribution in [2.24, 2.45) is 0 Å². The van der Waals surface area contributed by atoms with Gasteiger partial charge in [0.1, 0.15) is 5.69 Å². The molecule has 1 fully saturated rings. The lowest BCUT2D eigenvalue weighted by Crippen LogP contribution is -2.40. The Labute approximate surface area is 108 Å². The zero-order valence-electron chi connectivity index (χ0n) is 8.98. The number of hydrogen-bond donors (Lipinski definition) is 0. The third-order valence-corrected chi connectivity index (χ3v) is 4.82.